The summed E-state index contributed by atoms with van der Waals surface area (Å²) in [5, 5.41) is 0.372. The van der Waals surface area contributed by atoms with Crippen LogP contribution in [0.15, 0.2) is 94.6 Å². The summed E-state index contributed by atoms with van der Waals surface area (Å²) in [6.45, 7) is 7.37. The number of carbonyl (C=O) groups is 1. The van der Waals surface area contributed by atoms with E-state index in [-0.39, 0.29) is 23.2 Å². The highest BCUT2D eigenvalue weighted by atomic mass is 79.9. The van der Waals surface area contributed by atoms with E-state index < -0.39 is 21.5 Å². The number of halogens is 2. The van der Waals surface area contributed by atoms with Gasteiger partial charge in [-0.1, -0.05) is 59.6 Å². The van der Waals surface area contributed by atoms with Crippen molar-refractivity contribution in [3.63, 3.8) is 0 Å². The van der Waals surface area contributed by atoms with E-state index >= 15 is 0 Å². The topological polar surface area (TPSA) is 98.7 Å². The van der Waals surface area contributed by atoms with Gasteiger partial charge in [-0.15, -0.1) is 0 Å². The molecule has 2 heterocycles. The van der Waals surface area contributed by atoms with Crippen LogP contribution in [0.25, 0.3) is 6.08 Å². The van der Waals surface area contributed by atoms with E-state index in [1.807, 2.05) is 58.0 Å². The first-order chi connectivity index (χ1) is 21.3. The number of ether oxygens (including phenoxy) is 2. The molecule has 0 bridgehead atoms. The summed E-state index contributed by atoms with van der Waals surface area (Å²) in [5.41, 5.74) is 2.52. The van der Waals surface area contributed by atoms with Crippen molar-refractivity contribution in [2.75, 3.05) is 18.0 Å². The average molecular weight is 713 g/mol. The molecular formula is C34H35BrClN3O5S. The third kappa shape index (κ3) is 9.15. The van der Waals surface area contributed by atoms with Crippen molar-refractivity contribution in [1.82, 2.24) is 9.97 Å². The molecule has 1 unspecified atom stereocenters. The average Bonchev–Trinajstić information content (AvgIpc) is 2.98. The number of esters is 1. The van der Waals surface area contributed by atoms with Gasteiger partial charge in [0.1, 0.15) is 17.3 Å². The number of carbonyl (C=O) groups excluding carboxylic acids is 1. The number of aryl methyl sites for hydroxylation is 1. The van der Waals surface area contributed by atoms with Crippen LogP contribution >= 0.6 is 27.5 Å². The summed E-state index contributed by atoms with van der Waals surface area (Å²) in [4.78, 5) is 22.3. The Balaban J connectivity index is 1.59. The smallest absolute Gasteiger partial charge is 0.315 e. The van der Waals surface area contributed by atoms with E-state index in [9.17, 15) is 13.2 Å². The van der Waals surface area contributed by atoms with Crippen molar-refractivity contribution in [1.29, 1.82) is 0 Å². The molecule has 4 rings (SSSR count). The molecule has 0 amide bonds. The maximum atomic E-state index is 13.7. The van der Waals surface area contributed by atoms with Gasteiger partial charge < -0.3 is 9.47 Å². The van der Waals surface area contributed by atoms with Gasteiger partial charge in [-0.3, -0.25) is 9.78 Å². The number of sulfonamides is 1. The first kappa shape index (κ1) is 34.1. The van der Waals surface area contributed by atoms with E-state index in [4.69, 9.17) is 21.1 Å². The molecule has 0 N–H and O–H groups in total. The second-order valence-electron chi connectivity index (χ2n) is 11.4. The van der Waals surface area contributed by atoms with Crippen molar-refractivity contribution in [3.8, 4) is 5.75 Å². The van der Waals surface area contributed by atoms with Crippen LogP contribution in [-0.4, -0.2) is 43.6 Å². The molecule has 8 nitrogen and oxygen atoms in total. The van der Waals surface area contributed by atoms with Gasteiger partial charge in [0.2, 0.25) is 0 Å². The Morgan fingerprint density at radius 2 is 1.71 bits per heavy atom. The number of benzene rings is 2. The maximum Gasteiger partial charge on any atom is 0.315 e. The first-order valence-corrected chi connectivity index (χ1v) is 16.8. The summed E-state index contributed by atoms with van der Waals surface area (Å²) in [5.74, 6) is -0.0608. The van der Waals surface area contributed by atoms with Gasteiger partial charge in [0, 0.05) is 12.4 Å². The summed E-state index contributed by atoms with van der Waals surface area (Å²) >= 11 is 9.49. The molecule has 0 aliphatic carbocycles. The predicted molar refractivity (Wildman–Crippen MR) is 181 cm³/mol. The van der Waals surface area contributed by atoms with Gasteiger partial charge in [0.05, 0.1) is 33.7 Å². The summed E-state index contributed by atoms with van der Waals surface area (Å²) in [7, 11) is -2.36. The van der Waals surface area contributed by atoms with Crippen LogP contribution in [0, 0.1) is 6.92 Å². The highest BCUT2D eigenvalue weighted by molar-refractivity contribution is 9.10. The predicted octanol–water partition coefficient (Wildman–Crippen LogP) is 7.79. The standard InChI is InChI=1S/C34H35BrClN3O5S/c1-23-8-15-28(16-9-23)45(41,42)39(32-30(35)20-26(36)22-38-32)18-6-7-25-12-17-31(37-21-25)29(33(40)44-34(2,3)4)19-24-10-13-27(43-5)14-11-24/h6-17,20-22,29H,18-19H2,1-5H3/b7-6+. The molecule has 0 spiro atoms. The zero-order valence-corrected chi connectivity index (χ0v) is 28.9. The van der Waals surface area contributed by atoms with E-state index in [0.717, 1.165) is 22.4 Å². The van der Waals surface area contributed by atoms with Gasteiger partial charge in [0.25, 0.3) is 10.0 Å². The number of hydrogen-bond acceptors (Lipinski definition) is 7. The Morgan fingerprint density at radius 3 is 2.29 bits per heavy atom. The van der Waals surface area contributed by atoms with Crippen molar-refractivity contribution >= 4 is 55.4 Å². The van der Waals surface area contributed by atoms with E-state index in [1.54, 1.807) is 61.9 Å². The molecule has 11 heteroatoms. The minimum Gasteiger partial charge on any atom is -0.497 e. The van der Waals surface area contributed by atoms with Crippen LogP contribution in [0.5, 0.6) is 5.75 Å². The van der Waals surface area contributed by atoms with Crippen molar-refractivity contribution in [3.05, 3.63) is 117 Å². The fraction of sp³-hybridized carbons (Fsp3) is 0.265. The van der Waals surface area contributed by atoms with Crippen molar-refractivity contribution < 1.29 is 22.7 Å². The number of pyridine rings is 2. The molecule has 0 saturated carbocycles. The minimum atomic E-state index is -3.97. The van der Waals surface area contributed by atoms with Gasteiger partial charge >= 0.3 is 5.97 Å². The number of anilines is 1. The summed E-state index contributed by atoms with van der Waals surface area (Å²) < 4.78 is 40.1. The molecule has 236 valence electrons. The van der Waals surface area contributed by atoms with E-state index in [2.05, 4.69) is 25.9 Å². The normalized spacial score (nSPS) is 12.6. The second kappa shape index (κ2) is 14.6. The molecule has 0 saturated heterocycles. The van der Waals surface area contributed by atoms with Crippen LogP contribution in [0.2, 0.25) is 5.02 Å². The number of rotatable bonds is 11. The second-order valence-corrected chi connectivity index (χ2v) is 14.5. The van der Waals surface area contributed by atoms with Crippen LogP contribution in [-0.2, 0) is 26.0 Å². The lowest BCUT2D eigenvalue weighted by atomic mass is 9.95. The van der Waals surface area contributed by atoms with Crippen LogP contribution in [0.3, 0.4) is 0 Å². The Hall–Kier alpha value is -3.73. The van der Waals surface area contributed by atoms with E-state index in [0.29, 0.717) is 21.6 Å². The molecule has 0 radical (unpaired) electrons. The fourth-order valence-corrected chi connectivity index (χ4v) is 6.77. The molecule has 0 aliphatic rings. The minimum absolute atomic E-state index is 0.0107. The Labute approximate surface area is 278 Å². The number of aromatic nitrogens is 2. The Bertz CT molecular complexity index is 1760. The van der Waals surface area contributed by atoms with E-state index in [1.165, 1.54) is 10.5 Å². The third-order valence-corrected chi connectivity index (χ3v) is 9.23. The molecule has 0 aliphatic heterocycles. The zero-order valence-electron chi connectivity index (χ0n) is 25.7. The molecule has 1 atom stereocenters. The summed E-state index contributed by atoms with van der Waals surface area (Å²) in [6, 6.07) is 19.4. The Morgan fingerprint density at radius 1 is 1.02 bits per heavy atom. The third-order valence-electron chi connectivity index (χ3n) is 6.67. The van der Waals surface area contributed by atoms with Gasteiger partial charge in [-0.05, 0) is 97.6 Å². The maximum absolute atomic E-state index is 13.7. The van der Waals surface area contributed by atoms with Crippen molar-refractivity contribution in [2.45, 2.75) is 50.5 Å². The lowest BCUT2D eigenvalue weighted by molar-refractivity contribution is -0.156. The monoisotopic (exact) mass is 711 g/mol. The van der Waals surface area contributed by atoms with Crippen molar-refractivity contribution in [2.24, 2.45) is 0 Å². The lowest BCUT2D eigenvalue weighted by Crippen LogP contribution is -2.32. The van der Waals surface area contributed by atoms with Crippen LogP contribution in [0.1, 0.15) is 49.1 Å². The highest BCUT2D eigenvalue weighted by Gasteiger charge is 2.29. The SMILES string of the molecule is COc1ccc(CC(C(=O)OC(C)(C)C)c2ccc(/C=C/CN(c3ncc(Cl)cc3Br)S(=O)(=O)c3ccc(C)cc3)cn2)cc1. The molecule has 0 fully saturated rings. The van der Waals surface area contributed by atoms with Crippen LogP contribution in [0.4, 0.5) is 5.82 Å². The fourth-order valence-electron chi connectivity index (χ4n) is 4.41. The van der Waals surface area contributed by atoms with Crippen LogP contribution < -0.4 is 9.04 Å². The molecule has 2 aromatic heterocycles. The van der Waals surface area contributed by atoms with Gasteiger partial charge in [0.15, 0.2) is 5.82 Å². The number of methoxy groups -OCH3 is 1. The lowest BCUT2D eigenvalue weighted by Gasteiger charge is -2.24. The Kier molecular flexibility index (Phi) is 11.1. The molecular weight excluding hydrogens is 678 g/mol. The van der Waals surface area contributed by atoms with Gasteiger partial charge in [-0.2, -0.15) is 0 Å². The molecule has 45 heavy (non-hydrogen) atoms. The number of nitrogens with zero attached hydrogens (tertiary/aromatic N) is 3. The quantitative estimate of drug-likeness (QED) is 0.147. The highest BCUT2D eigenvalue weighted by Crippen LogP contribution is 2.31. The number of hydrogen-bond donors (Lipinski definition) is 0. The largest absolute Gasteiger partial charge is 0.497 e. The van der Waals surface area contributed by atoms with Gasteiger partial charge in [-0.25, -0.2) is 17.7 Å². The molecule has 4 aromatic rings. The first-order valence-electron chi connectivity index (χ1n) is 14.2. The zero-order chi connectivity index (χ0) is 32.8. The summed E-state index contributed by atoms with van der Waals surface area (Å²) in [6.07, 6.45) is 6.93. The molecule has 2 aromatic carbocycles.